The largest absolute Gasteiger partial charge is 0.424 e. The molecule has 19 heavy (non-hydrogen) atoms. The SMILES string of the molecule is Cc1nnc(CN2CCC[C@@H]2c2cccc(Br)c2)o1. The first kappa shape index (κ1) is 12.8. The van der Waals surface area contributed by atoms with Gasteiger partial charge in [0.25, 0.3) is 0 Å². The van der Waals surface area contributed by atoms with Gasteiger partial charge in [-0.3, -0.25) is 4.90 Å². The average Bonchev–Trinajstić information content (AvgIpc) is 2.99. The third kappa shape index (κ3) is 2.87. The molecule has 0 radical (unpaired) electrons. The van der Waals surface area contributed by atoms with Gasteiger partial charge in [-0.15, -0.1) is 10.2 Å². The summed E-state index contributed by atoms with van der Waals surface area (Å²) in [6.45, 7) is 3.64. The summed E-state index contributed by atoms with van der Waals surface area (Å²) in [5.41, 5.74) is 1.35. The molecule has 2 heterocycles. The van der Waals surface area contributed by atoms with Crippen LogP contribution in [0.1, 0.15) is 36.2 Å². The van der Waals surface area contributed by atoms with Crippen LogP contribution in [0.4, 0.5) is 0 Å². The Labute approximate surface area is 121 Å². The van der Waals surface area contributed by atoms with Crippen LogP contribution in [0.5, 0.6) is 0 Å². The molecule has 5 heteroatoms. The zero-order valence-corrected chi connectivity index (χ0v) is 12.4. The zero-order chi connectivity index (χ0) is 13.2. The molecular formula is C14H16BrN3O. The lowest BCUT2D eigenvalue weighted by atomic mass is 10.0. The van der Waals surface area contributed by atoms with E-state index in [-0.39, 0.29) is 0 Å². The number of benzene rings is 1. The molecule has 0 aliphatic carbocycles. The molecule has 0 amide bonds. The number of rotatable bonds is 3. The van der Waals surface area contributed by atoms with Crippen LogP contribution in [0.3, 0.4) is 0 Å². The molecule has 1 aliphatic heterocycles. The van der Waals surface area contributed by atoms with Gasteiger partial charge in [-0.25, -0.2) is 0 Å². The fourth-order valence-electron chi connectivity index (χ4n) is 2.68. The second-order valence-electron chi connectivity index (χ2n) is 4.90. The van der Waals surface area contributed by atoms with Crippen molar-refractivity contribution in [2.75, 3.05) is 6.54 Å². The number of hydrogen-bond donors (Lipinski definition) is 0. The van der Waals surface area contributed by atoms with Gasteiger partial charge in [-0.2, -0.15) is 0 Å². The van der Waals surface area contributed by atoms with Gasteiger partial charge in [-0.1, -0.05) is 28.1 Å². The molecule has 100 valence electrons. The molecule has 1 atom stereocenters. The van der Waals surface area contributed by atoms with Crippen LogP contribution < -0.4 is 0 Å². The predicted octanol–water partition coefficient (Wildman–Crippen LogP) is 3.48. The van der Waals surface area contributed by atoms with Crippen molar-refractivity contribution in [2.45, 2.75) is 32.4 Å². The Bertz CT molecular complexity index is 569. The van der Waals surface area contributed by atoms with E-state index in [1.54, 1.807) is 0 Å². The lowest BCUT2D eigenvalue weighted by Crippen LogP contribution is -2.22. The maximum Gasteiger partial charge on any atom is 0.230 e. The first-order chi connectivity index (χ1) is 9.22. The molecule has 0 N–H and O–H groups in total. The molecule has 1 aliphatic rings. The van der Waals surface area contributed by atoms with E-state index in [9.17, 15) is 0 Å². The minimum atomic E-state index is 0.449. The molecule has 0 unspecified atom stereocenters. The molecule has 2 aromatic rings. The van der Waals surface area contributed by atoms with Crippen molar-refractivity contribution in [3.63, 3.8) is 0 Å². The highest BCUT2D eigenvalue weighted by atomic mass is 79.9. The lowest BCUT2D eigenvalue weighted by Gasteiger charge is -2.23. The number of nitrogens with zero attached hydrogens (tertiary/aromatic N) is 3. The van der Waals surface area contributed by atoms with Crippen LogP contribution in [0, 0.1) is 6.92 Å². The van der Waals surface area contributed by atoms with E-state index < -0.39 is 0 Å². The second kappa shape index (κ2) is 5.43. The van der Waals surface area contributed by atoms with Gasteiger partial charge >= 0.3 is 0 Å². The molecule has 0 spiro atoms. The summed E-state index contributed by atoms with van der Waals surface area (Å²) in [5, 5.41) is 7.98. The van der Waals surface area contributed by atoms with Crippen molar-refractivity contribution in [3.05, 3.63) is 46.1 Å². The first-order valence-electron chi connectivity index (χ1n) is 6.51. The normalized spacial score (nSPS) is 20.0. The highest BCUT2D eigenvalue weighted by Crippen LogP contribution is 2.33. The van der Waals surface area contributed by atoms with E-state index >= 15 is 0 Å². The third-order valence-corrected chi connectivity index (χ3v) is 4.00. The number of aryl methyl sites for hydroxylation is 1. The molecule has 1 saturated heterocycles. The van der Waals surface area contributed by atoms with Crippen molar-refractivity contribution in [1.82, 2.24) is 15.1 Å². The standard InChI is InChI=1S/C14H16BrN3O/c1-10-16-17-14(19-10)9-18-7-3-6-13(18)11-4-2-5-12(15)8-11/h2,4-5,8,13H,3,6-7,9H2,1H3/t13-/m1/s1. The highest BCUT2D eigenvalue weighted by Gasteiger charge is 2.27. The molecule has 1 aromatic carbocycles. The third-order valence-electron chi connectivity index (χ3n) is 3.50. The Hall–Kier alpha value is -1.20. The Morgan fingerprint density at radius 1 is 1.42 bits per heavy atom. The number of halogens is 1. The summed E-state index contributed by atoms with van der Waals surface area (Å²) >= 11 is 3.54. The Kier molecular flexibility index (Phi) is 3.66. The van der Waals surface area contributed by atoms with Crippen molar-refractivity contribution in [3.8, 4) is 0 Å². The molecule has 0 saturated carbocycles. The highest BCUT2D eigenvalue weighted by molar-refractivity contribution is 9.10. The lowest BCUT2D eigenvalue weighted by molar-refractivity contribution is 0.222. The van der Waals surface area contributed by atoms with E-state index in [0.29, 0.717) is 17.8 Å². The van der Waals surface area contributed by atoms with Gasteiger partial charge in [-0.05, 0) is 37.1 Å². The maximum atomic E-state index is 5.48. The van der Waals surface area contributed by atoms with Crippen LogP contribution >= 0.6 is 15.9 Å². The van der Waals surface area contributed by atoms with E-state index in [4.69, 9.17) is 4.42 Å². The Morgan fingerprint density at radius 2 is 2.32 bits per heavy atom. The van der Waals surface area contributed by atoms with E-state index in [0.717, 1.165) is 17.6 Å². The van der Waals surface area contributed by atoms with Crippen LogP contribution in [0.2, 0.25) is 0 Å². The van der Waals surface area contributed by atoms with Gasteiger partial charge in [0, 0.05) is 17.4 Å². The number of aromatic nitrogens is 2. The van der Waals surface area contributed by atoms with Gasteiger partial charge in [0.05, 0.1) is 6.54 Å². The van der Waals surface area contributed by atoms with Crippen LogP contribution in [0.15, 0.2) is 33.2 Å². The second-order valence-corrected chi connectivity index (χ2v) is 5.81. The van der Waals surface area contributed by atoms with Crippen LogP contribution in [0.25, 0.3) is 0 Å². The molecule has 0 bridgehead atoms. The van der Waals surface area contributed by atoms with E-state index in [1.807, 2.05) is 6.92 Å². The van der Waals surface area contributed by atoms with Crippen LogP contribution in [-0.4, -0.2) is 21.6 Å². The molecular weight excluding hydrogens is 306 g/mol. The summed E-state index contributed by atoms with van der Waals surface area (Å²) in [5.74, 6) is 1.34. The van der Waals surface area contributed by atoms with Crippen molar-refractivity contribution in [1.29, 1.82) is 0 Å². The van der Waals surface area contributed by atoms with Crippen LogP contribution in [-0.2, 0) is 6.54 Å². The van der Waals surface area contributed by atoms with Gasteiger partial charge in [0.1, 0.15) is 0 Å². The van der Waals surface area contributed by atoms with Gasteiger partial charge in [0.2, 0.25) is 11.8 Å². The quantitative estimate of drug-likeness (QED) is 0.868. The fourth-order valence-corrected chi connectivity index (χ4v) is 3.10. The summed E-state index contributed by atoms with van der Waals surface area (Å²) in [7, 11) is 0. The van der Waals surface area contributed by atoms with E-state index in [2.05, 4.69) is 55.3 Å². The summed E-state index contributed by atoms with van der Waals surface area (Å²) in [6.07, 6.45) is 2.40. The fraction of sp³-hybridized carbons (Fsp3) is 0.429. The smallest absolute Gasteiger partial charge is 0.230 e. The number of likely N-dealkylation sites (tertiary alicyclic amines) is 1. The minimum absolute atomic E-state index is 0.449. The van der Waals surface area contributed by atoms with Gasteiger partial charge < -0.3 is 4.42 Å². The minimum Gasteiger partial charge on any atom is -0.424 e. The first-order valence-corrected chi connectivity index (χ1v) is 7.30. The predicted molar refractivity (Wildman–Crippen MR) is 75.6 cm³/mol. The summed E-state index contributed by atoms with van der Waals surface area (Å²) < 4.78 is 6.61. The monoisotopic (exact) mass is 321 g/mol. The Balaban J connectivity index is 1.78. The van der Waals surface area contributed by atoms with E-state index in [1.165, 1.54) is 18.4 Å². The average molecular weight is 322 g/mol. The Morgan fingerprint density at radius 3 is 3.05 bits per heavy atom. The van der Waals surface area contributed by atoms with Gasteiger partial charge in [0.15, 0.2) is 0 Å². The molecule has 1 aromatic heterocycles. The van der Waals surface area contributed by atoms with Crippen molar-refractivity contribution in [2.24, 2.45) is 0 Å². The topological polar surface area (TPSA) is 42.2 Å². The summed E-state index contributed by atoms with van der Waals surface area (Å²) in [6, 6.07) is 8.98. The molecule has 3 rings (SSSR count). The zero-order valence-electron chi connectivity index (χ0n) is 10.8. The molecule has 4 nitrogen and oxygen atoms in total. The van der Waals surface area contributed by atoms with Crippen molar-refractivity contribution >= 4 is 15.9 Å². The maximum absolute atomic E-state index is 5.48. The number of hydrogen-bond acceptors (Lipinski definition) is 4. The molecule has 1 fully saturated rings. The summed E-state index contributed by atoms with van der Waals surface area (Å²) in [4.78, 5) is 2.41. The van der Waals surface area contributed by atoms with Crippen molar-refractivity contribution < 1.29 is 4.42 Å².